The maximum atomic E-state index is 3.62. The highest BCUT2D eigenvalue weighted by atomic mass is 14.9. The van der Waals surface area contributed by atoms with Crippen molar-refractivity contribution in [2.45, 2.75) is 77.2 Å². The van der Waals surface area contributed by atoms with Crippen molar-refractivity contribution in [3.63, 3.8) is 0 Å². The predicted octanol–water partition coefficient (Wildman–Crippen LogP) is 5.30. The van der Waals surface area contributed by atoms with Crippen LogP contribution in [0.1, 0.15) is 71.3 Å². The Hall–Kier alpha value is -0.820. The van der Waals surface area contributed by atoms with Gasteiger partial charge in [0.25, 0.3) is 0 Å². The summed E-state index contributed by atoms with van der Waals surface area (Å²) in [7, 11) is 2.13. The van der Waals surface area contributed by atoms with Gasteiger partial charge in [-0.2, -0.15) is 0 Å². The van der Waals surface area contributed by atoms with Gasteiger partial charge in [-0.1, -0.05) is 76.8 Å². The summed E-state index contributed by atoms with van der Waals surface area (Å²) in [5.41, 5.74) is 1.78. The molecular formula is C19H33N. The predicted molar refractivity (Wildman–Crippen MR) is 90.3 cm³/mol. The molecule has 1 rings (SSSR count). The number of rotatable bonds is 10. The minimum absolute atomic E-state index is 0.280. The van der Waals surface area contributed by atoms with Crippen LogP contribution in [-0.4, -0.2) is 13.1 Å². The van der Waals surface area contributed by atoms with Crippen LogP contribution in [0.5, 0.6) is 0 Å². The molecule has 1 unspecified atom stereocenters. The molecule has 0 fully saturated rings. The minimum atomic E-state index is 0.280. The summed E-state index contributed by atoms with van der Waals surface area (Å²) < 4.78 is 0. The Balaban J connectivity index is 2.86. The smallest absolute Gasteiger partial charge is 0.0161 e. The van der Waals surface area contributed by atoms with Gasteiger partial charge in [0, 0.05) is 11.5 Å². The van der Waals surface area contributed by atoms with E-state index >= 15 is 0 Å². The van der Waals surface area contributed by atoms with E-state index in [9.17, 15) is 0 Å². The molecule has 0 bridgehead atoms. The van der Waals surface area contributed by atoms with Crippen LogP contribution in [0.2, 0.25) is 0 Å². The van der Waals surface area contributed by atoms with Crippen LogP contribution in [-0.2, 0) is 5.41 Å². The lowest BCUT2D eigenvalue weighted by molar-refractivity contribution is 0.264. The fourth-order valence-electron chi connectivity index (χ4n) is 3.59. The summed E-state index contributed by atoms with van der Waals surface area (Å²) in [4.78, 5) is 0. The minimum Gasteiger partial charge on any atom is -0.316 e. The van der Waals surface area contributed by atoms with Gasteiger partial charge in [0.1, 0.15) is 0 Å². The third-order valence-electron chi connectivity index (χ3n) is 4.97. The molecule has 114 valence electrons. The summed E-state index contributed by atoms with van der Waals surface area (Å²) in [6.45, 7) is 6.96. The second kappa shape index (κ2) is 9.18. The average molecular weight is 275 g/mol. The summed E-state index contributed by atoms with van der Waals surface area (Å²) >= 11 is 0. The third-order valence-corrected chi connectivity index (χ3v) is 4.97. The Labute approximate surface area is 126 Å². The standard InChI is InChI=1S/C19H33N/c1-5-8-9-13-16-18(20-4)19(6-2,7-3)17-14-11-10-12-15-17/h10-12,14-15,18,20H,5-9,13,16H2,1-4H3. The maximum absolute atomic E-state index is 3.62. The lowest BCUT2D eigenvalue weighted by Gasteiger charge is -2.40. The SMILES string of the molecule is CCCCCCC(NC)C(CC)(CC)c1ccccc1. The zero-order valence-corrected chi connectivity index (χ0v) is 13.9. The van der Waals surface area contributed by atoms with E-state index in [4.69, 9.17) is 0 Å². The van der Waals surface area contributed by atoms with Crippen LogP contribution in [0.3, 0.4) is 0 Å². The van der Waals surface area contributed by atoms with E-state index in [0.717, 1.165) is 0 Å². The van der Waals surface area contributed by atoms with E-state index in [1.165, 1.54) is 50.5 Å². The van der Waals surface area contributed by atoms with Crippen molar-refractivity contribution >= 4 is 0 Å². The van der Waals surface area contributed by atoms with Crippen LogP contribution in [0, 0.1) is 0 Å². The molecule has 0 amide bonds. The van der Waals surface area contributed by atoms with Crippen LogP contribution >= 0.6 is 0 Å². The van der Waals surface area contributed by atoms with E-state index < -0.39 is 0 Å². The van der Waals surface area contributed by atoms with Crippen LogP contribution in [0.15, 0.2) is 30.3 Å². The fraction of sp³-hybridized carbons (Fsp3) is 0.684. The Bertz CT molecular complexity index is 340. The van der Waals surface area contributed by atoms with Gasteiger partial charge in [0.15, 0.2) is 0 Å². The topological polar surface area (TPSA) is 12.0 Å². The first-order valence-electron chi connectivity index (χ1n) is 8.47. The van der Waals surface area contributed by atoms with Gasteiger partial charge in [0.05, 0.1) is 0 Å². The molecule has 1 aromatic rings. The molecule has 0 heterocycles. The van der Waals surface area contributed by atoms with Gasteiger partial charge < -0.3 is 5.32 Å². The van der Waals surface area contributed by atoms with Crippen molar-refractivity contribution in [1.82, 2.24) is 5.32 Å². The zero-order valence-electron chi connectivity index (χ0n) is 13.9. The summed E-state index contributed by atoms with van der Waals surface area (Å²) in [5, 5.41) is 3.62. The van der Waals surface area contributed by atoms with Crippen molar-refractivity contribution in [2.24, 2.45) is 0 Å². The molecule has 20 heavy (non-hydrogen) atoms. The second-order valence-electron chi connectivity index (χ2n) is 5.92. The molecule has 0 spiro atoms. The van der Waals surface area contributed by atoms with E-state index in [-0.39, 0.29) is 5.41 Å². The lowest BCUT2D eigenvalue weighted by atomic mass is 9.68. The van der Waals surface area contributed by atoms with Crippen LogP contribution < -0.4 is 5.32 Å². The monoisotopic (exact) mass is 275 g/mol. The number of benzene rings is 1. The van der Waals surface area contributed by atoms with Crippen molar-refractivity contribution < 1.29 is 0 Å². The first-order chi connectivity index (χ1) is 9.75. The van der Waals surface area contributed by atoms with Crippen molar-refractivity contribution in [3.05, 3.63) is 35.9 Å². The van der Waals surface area contributed by atoms with E-state index in [2.05, 4.69) is 63.5 Å². The highest BCUT2D eigenvalue weighted by molar-refractivity contribution is 5.27. The molecule has 0 aromatic heterocycles. The molecule has 0 aliphatic heterocycles. The zero-order chi connectivity index (χ0) is 14.8. The molecule has 0 saturated carbocycles. The Kier molecular flexibility index (Phi) is 7.91. The highest BCUT2D eigenvalue weighted by Gasteiger charge is 2.35. The molecule has 0 aliphatic rings. The number of unbranched alkanes of at least 4 members (excludes halogenated alkanes) is 3. The van der Waals surface area contributed by atoms with Crippen molar-refractivity contribution in [3.8, 4) is 0 Å². The van der Waals surface area contributed by atoms with Gasteiger partial charge in [0.2, 0.25) is 0 Å². The largest absolute Gasteiger partial charge is 0.316 e. The molecule has 0 saturated heterocycles. The molecule has 1 N–H and O–H groups in total. The van der Waals surface area contributed by atoms with Gasteiger partial charge in [-0.3, -0.25) is 0 Å². The summed E-state index contributed by atoms with van der Waals surface area (Å²) in [6.07, 6.45) is 9.08. The normalized spacial score (nSPS) is 13.4. The Morgan fingerprint density at radius 1 is 0.950 bits per heavy atom. The summed E-state index contributed by atoms with van der Waals surface area (Å²) in [5.74, 6) is 0. The first-order valence-corrected chi connectivity index (χ1v) is 8.47. The van der Waals surface area contributed by atoms with Gasteiger partial charge in [-0.15, -0.1) is 0 Å². The van der Waals surface area contributed by atoms with Gasteiger partial charge in [-0.05, 0) is 31.9 Å². The van der Waals surface area contributed by atoms with Crippen LogP contribution in [0.25, 0.3) is 0 Å². The first kappa shape index (κ1) is 17.2. The number of hydrogen-bond donors (Lipinski definition) is 1. The maximum Gasteiger partial charge on any atom is 0.0161 e. The van der Waals surface area contributed by atoms with Crippen molar-refractivity contribution in [2.75, 3.05) is 7.05 Å². The van der Waals surface area contributed by atoms with E-state index in [1.807, 2.05) is 0 Å². The molecular weight excluding hydrogens is 242 g/mol. The van der Waals surface area contributed by atoms with Crippen molar-refractivity contribution in [1.29, 1.82) is 0 Å². The Morgan fingerprint density at radius 2 is 1.60 bits per heavy atom. The molecule has 1 aromatic carbocycles. The third kappa shape index (κ3) is 4.09. The second-order valence-corrected chi connectivity index (χ2v) is 5.92. The van der Waals surface area contributed by atoms with Crippen LogP contribution in [0.4, 0.5) is 0 Å². The quantitative estimate of drug-likeness (QED) is 0.571. The van der Waals surface area contributed by atoms with E-state index in [0.29, 0.717) is 6.04 Å². The number of likely N-dealkylation sites (N-methyl/N-ethyl adjacent to an activating group) is 1. The van der Waals surface area contributed by atoms with E-state index in [1.54, 1.807) is 0 Å². The molecule has 1 nitrogen and oxygen atoms in total. The highest BCUT2D eigenvalue weighted by Crippen LogP contribution is 2.37. The number of hydrogen-bond acceptors (Lipinski definition) is 1. The number of nitrogens with one attached hydrogen (secondary N) is 1. The molecule has 1 heteroatoms. The fourth-order valence-corrected chi connectivity index (χ4v) is 3.59. The summed E-state index contributed by atoms with van der Waals surface area (Å²) in [6, 6.07) is 11.7. The lowest BCUT2D eigenvalue weighted by Crippen LogP contribution is -2.46. The van der Waals surface area contributed by atoms with Gasteiger partial charge >= 0.3 is 0 Å². The molecule has 0 radical (unpaired) electrons. The molecule has 0 aliphatic carbocycles. The van der Waals surface area contributed by atoms with Gasteiger partial charge in [-0.25, -0.2) is 0 Å². The Morgan fingerprint density at radius 3 is 2.10 bits per heavy atom. The average Bonchev–Trinajstić information content (AvgIpc) is 2.52. The molecule has 1 atom stereocenters.